The third-order valence-electron chi connectivity index (χ3n) is 2.26. The van der Waals surface area contributed by atoms with Crippen molar-refractivity contribution < 1.29 is 4.42 Å². The summed E-state index contributed by atoms with van der Waals surface area (Å²) in [4.78, 5) is 0. The Balaban J connectivity index is 2.52. The van der Waals surface area contributed by atoms with Gasteiger partial charge in [-0.2, -0.15) is 0 Å². The molecule has 0 aliphatic carbocycles. The first-order valence-electron chi connectivity index (χ1n) is 4.60. The highest BCUT2D eigenvalue weighted by atomic mass is 16.3. The molecule has 14 heavy (non-hydrogen) atoms. The molecule has 0 radical (unpaired) electrons. The van der Waals surface area contributed by atoms with Crippen LogP contribution in [-0.4, -0.2) is 0 Å². The van der Waals surface area contributed by atoms with Crippen LogP contribution in [0.2, 0.25) is 0 Å². The maximum atomic E-state index is 5.68. The Morgan fingerprint density at radius 2 is 1.86 bits per heavy atom. The number of furan rings is 1. The van der Waals surface area contributed by atoms with E-state index < -0.39 is 0 Å². The van der Waals surface area contributed by atoms with E-state index in [1.807, 2.05) is 44.2 Å². The number of nitrogens with two attached hydrogens (primary N) is 1. The first-order valence-corrected chi connectivity index (χ1v) is 4.60. The van der Waals surface area contributed by atoms with E-state index in [1.54, 1.807) is 0 Å². The normalized spacial score (nSPS) is 10.4. The predicted molar refractivity (Wildman–Crippen MR) is 58.0 cm³/mol. The Labute approximate surface area is 83.4 Å². The van der Waals surface area contributed by atoms with Gasteiger partial charge >= 0.3 is 0 Å². The van der Waals surface area contributed by atoms with E-state index in [9.17, 15) is 0 Å². The van der Waals surface area contributed by atoms with Crippen LogP contribution in [0.3, 0.4) is 0 Å². The summed E-state index contributed by atoms with van der Waals surface area (Å²) >= 11 is 0. The minimum Gasteiger partial charge on any atom is -0.461 e. The molecular formula is C12H13NO. The molecule has 1 aromatic heterocycles. The lowest BCUT2D eigenvalue weighted by atomic mass is 10.1. The van der Waals surface area contributed by atoms with Gasteiger partial charge in [0.05, 0.1) is 0 Å². The van der Waals surface area contributed by atoms with Gasteiger partial charge in [-0.05, 0) is 49.7 Å². The van der Waals surface area contributed by atoms with Crippen LogP contribution in [0.1, 0.15) is 11.3 Å². The fourth-order valence-electron chi connectivity index (χ4n) is 1.54. The highest BCUT2D eigenvalue weighted by Gasteiger charge is 2.05. The van der Waals surface area contributed by atoms with Crippen molar-refractivity contribution in [3.63, 3.8) is 0 Å². The molecule has 0 amide bonds. The fraction of sp³-hybridized carbons (Fsp3) is 0.167. The van der Waals surface area contributed by atoms with E-state index in [0.717, 1.165) is 28.3 Å². The molecule has 2 heteroatoms. The molecule has 0 unspecified atom stereocenters. The molecule has 0 saturated heterocycles. The summed E-state index contributed by atoms with van der Waals surface area (Å²) in [6, 6.07) is 9.77. The van der Waals surface area contributed by atoms with Crippen molar-refractivity contribution in [2.45, 2.75) is 13.8 Å². The Hall–Kier alpha value is -1.70. The summed E-state index contributed by atoms with van der Waals surface area (Å²) < 4.78 is 5.55. The minimum absolute atomic E-state index is 0.787. The summed E-state index contributed by atoms with van der Waals surface area (Å²) in [5, 5.41) is 0. The van der Waals surface area contributed by atoms with Crippen LogP contribution < -0.4 is 5.73 Å². The van der Waals surface area contributed by atoms with Crippen molar-refractivity contribution in [3.05, 3.63) is 41.7 Å². The van der Waals surface area contributed by atoms with Gasteiger partial charge in [0.2, 0.25) is 0 Å². The molecule has 0 spiro atoms. The van der Waals surface area contributed by atoms with Gasteiger partial charge < -0.3 is 10.2 Å². The molecule has 1 aromatic carbocycles. The zero-order valence-corrected chi connectivity index (χ0v) is 8.37. The van der Waals surface area contributed by atoms with E-state index in [4.69, 9.17) is 10.2 Å². The van der Waals surface area contributed by atoms with Crippen LogP contribution in [-0.2, 0) is 0 Å². The van der Waals surface area contributed by atoms with Gasteiger partial charge in [0.15, 0.2) is 0 Å². The minimum atomic E-state index is 0.787. The van der Waals surface area contributed by atoms with Crippen LogP contribution in [0, 0.1) is 13.8 Å². The highest BCUT2D eigenvalue weighted by Crippen LogP contribution is 2.26. The number of hydrogen-bond acceptors (Lipinski definition) is 2. The summed E-state index contributed by atoms with van der Waals surface area (Å²) in [6.45, 7) is 3.97. The van der Waals surface area contributed by atoms with Crippen molar-refractivity contribution in [2.24, 2.45) is 0 Å². The highest BCUT2D eigenvalue weighted by molar-refractivity contribution is 5.65. The van der Waals surface area contributed by atoms with Gasteiger partial charge in [0.25, 0.3) is 0 Å². The molecule has 0 fully saturated rings. The van der Waals surface area contributed by atoms with Gasteiger partial charge in [0, 0.05) is 11.3 Å². The summed E-state index contributed by atoms with van der Waals surface area (Å²) in [5.74, 6) is 1.83. The maximum absolute atomic E-state index is 5.68. The lowest BCUT2D eigenvalue weighted by Crippen LogP contribution is -1.87. The number of aryl methyl sites for hydroxylation is 2. The van der Waals surface area contributed by atoms with E-state index in [1.165, 1.54) is 0 Å². The summed E-state index contributed by atoms with van der Waals surface area (Å²) in [7, 11) is 0. The second-order valence-electron chi connectivity index (χ2n) is 3.48. The summed E-state index contributed by atoms with van der Waals surface area (Å²) in [5.41, 5.74) is 8.71. The third kappa shape index (κ3) is 1.51. The standard InChI is InChI=1S/C12H13NO/c1-8-7-10(13)4-5-11(8)12-6-3-9(2)14-12/h3-7H,13H2,1-2H3. The van der Waals surface area contributed by atoms with Crippen LogP contribution in [0.4, 0.5) is 5.69 Å². The molecule has 2 N–H and O–H groups in total. The van der Waals surface area contributed by atoms with Crippen LogP contribution in [0.15, 0.2) is 34.7 Å². The Morgan fingerprint density at radius 1 is 1.07 bits per heavy atom. The maximum Gasteiger partial charge on any atom is 0.134 e. The molecule has 0 saturated carbocycles. The average molecular weight is 187 g/mol. The number of anilines is 1. The fourth-order valence-corrected chi connectivity index (χ4v) is 1.54. The molecule has 2 aromatic rings. The topological polar surface area (TPSA) is 39.2 Å². The van der Waals surface area contributed by atoms with Gasteiger partial charge in [-0.25, -0.2) is 0 Å². The quantitative estimate of drug-likeness (QED) is 0.696. The monoisotopic (exact) mass is 187 g/mol. The van der Waals surface area contributed by atoms with Crippen molar-refractivity contribution in [1.29, 1.82) is 0 Å². The lowest BCUT2D eigenvalue weighted by molar-refractivity contribution is 0.548. The van der Waals surface area contributed by atoms with Crippen molar-refractivity contribution >= 4 is 5.69 Å². The van der Waals surface area contributed by atoms with Crippen molar-refractivity contribution in [3.8, 4) is 11.3 Å². The Kier molecular flexibility index (Phi) is 2.04. The lowest BCUT2D eigenvalue weighted by Gasteiger charge is -2.03. The second-order valence-corrected chi connectivity index (χ2v) is 3.48. The SMILES string of the molecule is Cc1ccc(-c2ccc(N)cc2C)o1. The van der Waals surface area contributed by atoms with E-state index in [0.29, 0.717) is 0 Å². The van der Waals surface area contributed by atoms with E-state index in [2.05, 4.69) is 0 Å². The van der Waals surface area contributed by atoms with Gasteiger partial charge in [-0.15, -0.1) is 0 Å². The average Bonchev–Trinajstić information content (AvgIpc) is 2.51. The van der Waals surface area contributed by atoms with Crippen molar-refractivity contribution in [1.82, 2.24) is 0 Å². The molecule has 0 aliphatic heterocycles. The van der Waals surface area contributed by atoms with Crippen LogP contribution in [0.5, 0.6) is 0 Å². The first-order chi connectivity index (χ1) is 6.66. The Bertz CT molecular complexity index is 457. The van der Waals surface area contributed by atoms with Gasteiger partial charge in [-0.3, -0.25) is 0 Å². The Morgan fingerprint density at radius 3 is 2.43 bits per heavy atom. The third-order valence-corrected chi connectivity index (χ3v) is 2.26. The zero-order valence-electron chi connectivity index (χ0n) is 8.37. The molecule has 0 bridgehead atoms. The first kappa shape index (κ1) is 8.88. The number of nitrogen functional groups attached to an aromatic ring is 1. The second kappa shape index (κ2) is 3.22. The largest absolute Gasteiger partial charge is 0.461 e. The molecule has 2 nitrogen and oxygen atoms in total. The number of benzene rings is 1. The molecule has 1 heterocycles. The van der Waals surface area contributed by atoms with E-state index in [-0.39, 0.29) is 0 Å². The summed E-state index contributed by atoms with van der Waals surface area (Å²) in [6.07, 6.45) is 0. The molecule has 2 rings (SSSR count). The van der Waals surface area contributed by atoms with Crippen LogP contribution >= 0.6 is 0 Å². The van der Waals surface area contributed by atoms with Crippen molar-refractivity contribution in [2.75, 3.05) is 5.73 Å². The molecular weight excluding hydrogens is 174 g/mol. The molecule has 72 valence electrons. The smallest absolute Gasteiger partial charge is 0.134 e. The molecule has 0 aliphatic rings. The van der Waals surface area contributed by atoms with E-state index >= 15 is 0 Å². The zero-order chi connectivity index (χ0) is 10.1. The molecule has 0 atom stereocenters. The number of rotatable bonds is 1. The van der Waals surface area contributed by atoms with Crippen LogP contribution in [0.25, 0.3) is 11.3 Å². The number of hydrogen-bond donors (Lipinski definition) is 1. The predicted octanol–water partition coefficient (Wildman–Crippen LogP) is 3.15. The van der Waals surface area contributed by atoms with Gasteiger partial charge in [-0.1, -0.05) is 0 Å². The van der Waals surface area contributed by atoms with Gasteiger partial charge in [0.1, 0.15) is 11.5 Å².